The molecule has 168 valence electrons. The number of benzene rings is 3. The van der Waals surface area contributed by atoms with Gasteiger partial charge in [-0.3, -0.25) is 4.79 Å². The van der Waals surface area contributed by atoms with Gasteiger partial charge in [-0.05, 0) is 47.7 Å². The molecule has 1 heterocycles. The van der Waals surface area contributed by atoms with Crippen LogP contribution in [0.15, 0.2) is 77.7 Å². The number of hydrogen-bond donors (Lipinski definition) is 0. The van der Waals surface area contributed by atoms with Crippen molar-refractivity contribution >= 4 is 26.7 Å². The summed E-state index contributed by atoms with van der Waals surface area (Å²) in [5.74, 6) is 0.00627. The van der Waals surface area contributed by atoms with E-state index >= 15 is 0 Å². The molecule has 0 unspecified atom stereocenters. The summed E-state index contributed by atoms with van der Waals surface area (Å²) < 4.78 is 28.0. The Bertz CT molecular complexity index is 1170. The van der Waals surface area contributed by atoms with Crippen LogP contribution in [0.25, 0.3) is 10.8 Å². The fraction of sp³-hybridized carbons (Fsp3) is 0.346. The van der Waals surface area contributed by atoms with Crippen molar-refractivity contribution in [2.24, 2.45) is 5.92 Å². The van der Waals surface area contributed by atoms with Crippen molar-refractivity contribution in [2.75, 3.05) is 19.6 Å². The van der Waals surface area contributed by atoms with Crippen LogP contribution >= 0.6 is 0 Å². The summed E-state index contributed by atoms with van der Waals surface area (Å²) >= 11 is 0. The molecule has 1 amide bonds. The largest absolute Gasteiger partial charge is 0.338 e. The summed E-state index contributed by atoms with van der Waals surface area (Å²) in [5.41, 5.74) is 1.12. The van der Waals surface area contributed by atoms with Crippen LogP contribution in [0.5, 0.6) is 0 Å². The van der Waals surface area contributed by atoms with Crippen molar-refractivity contribution in [3.8, 4) is 0 Å². The molecule has 5 nitrogen and oxygen atoms in total. The van der Waals surface area contributed by atoms with Gasteiger partial charge < -0.3 is 4.90 Å². The SMILES string of the molecule is CCCN(Cc1ccccc1)C(=O)C1CCN(S(=O)(=O)c2ccc3ccccc3c2)CC1. The Morgan fingerprint density at radius 1 is 0.938 bits per heavy atom. The fourth-order valence-electron chi connectivity index (χ4n) is 4.42. The van der Waals surface area contributed by atoms with Crippen LogP contribution in [-0.2, 0) is 21.4 Å². The Hall–Kier alpha value is -2.70. The van der Waals surface area contributed by atoms with Gasteiger partial charge in [0.25, 0.3) is 0 Å². The number of sulfonamides is 1. The molecule has 0 aromatic heterocycles. The Morgan fingerprint density at radius 3 is 2.28 bits per heavy atom. The van der Waals surface area contributed by atoms with E-state index in [9.17, 15) is 13.2 Å². The Kier molecular flexibility index (Phi) is 6.92. The molecule has 0 bridgehead atoms. The molecule has 4 rings (SSSR count). The molecule has 0 saturated carbocycles. The Morgan fingerprint density at radius 2 is 1.59 bits per heavy atom. The van der Waals surface area contributed by atoms with Crippen LogP contribution in [0.3, 0.4) is 0 Å². The molecule has 1 aliphatic heterocycles. The first-order chi connectivity index (χ1) is 15.5. The van der Waals surface area contributed by atoms with Crippen LogP contribution in [-0.4, -0.2) is 43.2 Å². The summed E-state index contributed by atoms with van der Waals surface area (Å²) in [7, 11) is -3.57. The van der Waals surface area contributed by atoms with E-state index in [1.807, 2.05) is 65.6 Å². The van der Waals surface area contributed by atoms with Crippen LogP contribution < -0.4 is 0 Å². The van der Waals surface area contributed by atoms with Crippen LogP contribution in [0.2, 0.25) is 0 Å². The number of carbonyl (C=O) groups is 1. The summed E-state index contributed by atoms with van der Waals surface area (Å²) in [4.78, 5) is 15.5. The second-order valence-corrected chi connectivity index (χ2v) is 10.4. The van der Waals surface area contributed by atoms with E-state index < -0.39 is 10.0 Å². The van der Waals surface area contributed by atoms with Crippen molar-refractivity contribution in [1.82, 2.24) is 9.21 Å². The predicted octanol–water partition coefficient (Wildman–Crippen LogP) is 4.68. The smallest absolute Gasteiger partial charge is 0.243 e. The minimum atomic E-state index is -3.57. The quantitative estimate of drug-likeness (QED) is 0.525. The highest BCUT2D eigenvalue weighted by atomic mass is 32.2. The Balaban J connectivity index is 1.43. The Labute approximate surface area is 190 Å². The van der Waals surface area contributed by atoms with Gasteiger partial charge in [-0.2, -0.15) is 4.31 Å². The highest BCUT2D eigenvalue weighted by Gasteiger charge is 2.33. The van der Waals surface area contributed by atoms with Gasteiger partial charge in [-0.25, -0.2) is 8.42 Å². The molecular weight excluding hydrogens is 420 g/mol. The molecule has 0 atom stereocenters. The van der Waals surface area contributed by atoms with Gasteiger partial charge in [0.2, 0.25) is 15.9 Å². The monoisotopic (exact) mass is 450 g/mol. The zero-order chi connectivity index (χ0) is 22.6. The van der Waals surface area contributed by atoms with Crippen LogP contribution in [0.4, 0.5) is 0 Å². The van der Waals surface area contributed by atoms with E-state index in [0.29, 0.717) is 43.9 Å². The molecule has 1 saturated heterocycles. The third-order valence-electron chi connectivity index (χ3n) is 6.18. The number of nitrogens with zero attached hydrogens (tertiary/aromatic N) is 2. The number of rotatable bonds is 7. The molecule has 0 radical (unpaired) electrons. The van der Waals surface area contributed by atoms with Gasteiger partial charge in [0.15, 0.2) is 0 Å². The normalized spacial score (nSPS) is 15.7. The van der Waals surface area contributed by atoms with E-state index in [1.54, 1.807) is 12.1 Å². The lowest BCUT2D eigenvalue weighted by molar-refractivity contribution is -0.137. The zero-order valence-corrected chi connectivity index (χ0v) is 19.3. The van der Waals surface area contributed by atoms with Crippen molar-refractivity contribution in [2.45, 2.75) is 37.6 Å². The molecular formula is C26H30N2O3S. The van der Waals surface area contributed by atoms with Crippen LogP contribution in [0.1, 0.15) is 31.7 Å². The number of piperidine rings is 1. The highest BCUT2D eigenvalue weighted by Crippen LogP contribution is 2.27. The van der Waals surface area contributed by atoms with Gasteiger partial charge in [-0.1, -0.05) is 67.6 Å². The second-order valence-electron chi connectivity index (χ2n) is 8.43. The van der Waals surface area contributed by atoms with E-state index in [0.717, 1.165) is 22.8 Å². The highest BCUT2D eigenvalue weighted by molar-refractivity contribution is 7.89. The number of amides is 1. The lowest BCUT2D eigenvalue weighted by atomic mass is 9.96. The van der Waals surface area contributed by atoms with Crippen LogP contribution in [0, 0.1) is 5.92 Å². The van der Waals surface area contributed by atoms with Crippen molar-refractivity contribution in [3.63, 3.8) is 0 Å². The van der Waals surface area contributed by atoms with Gasteiger partial charge in [0.1, 0.15) is 0 Å². The summed E-state index contributed by atoms with van der Waals surface area (Å²) in [6.07, 6.45) is 2.01. The molecule has 1 aliphatic rings. The molecule has 0 aliphatic carbocycles. The molecule has 0 spiro atoms. The number of fused-ring (bicyclic) bond motifs is 1. The number of carbonyl (C=O) groups excluding carboxylic acids is 1. The molecule has 3 aromatic carbocycles. The van der Waals surface area contributed by atoms with Gasteiger partial charge in [0, 0.05) is 32.1 Å². The van der Waals surface area contributed by atoms with Crippen molar-refractivity contribution in [3.05, 3.63) is 78.4 Å². The average molecular weight is 451 g/mol. The standard InChI is InChI=1S/C26H30N2O3S/c1-2-16-27(20-21-8-4-3-5-9-21)26(29)23-14-17-28(18-15-23)32(30,31)25-13-12-22-10-6-7-11-24(22)19-25/h3-13,19,23H,2,14-18,20H2,1H3. The van der Waals surface area contributed by atoms with Crippen molar-refractivity contribution < 1.29 is 13.2 Å². The first kappa shape index (κ1) is 22.5. The van der Waals surface area contributed by atoms with E-state index in [-0.39, 0.29) is 11.8 Å². The predicted molar refractivity (Wildman–Crippen MR) is 128 cm³/mol. The minimum absolute atomic E-state index is 0.131. The maximum atomic E-state index is 13.2. The maximum Gasteiger partial charge on any atom is 0.243 e. The first-order valence-corrected chi connectivity index (χ1v) is 12.7. The molecule has 32 heavy (non-hydrogen) atoms. The summed E-state index contributed by atoms with van der Waals surface area (Å²) in [6.45, 7) is 4.13. The molecule has 1 fully saturated rings. The zero-order valence-electron chi connectivity index (χ0n) is 18.5. The average Bonchev–Trinajstić information content (AvgIpc) is 2.83. The van der Waals surface area contributed by atoms with E-state index in [1.165, 1.54) is 4.31 Å². The minimum Gasteiger partial charge on any atom is -0.338 e. The number of hydrogen-bond acceptors (Lipinski definition) is 3. The van der Waals surface area contributed by atoms with Gasteiger partial charge in [-0.15, -0.1) is 0 Å². The molecule has 0 N–H and O–H groups in total. The maximum absolute atomic E-state index is 13.2. The lowest BCUT2D eigenvalue weighted by Gasteiger charge is -2.33. The lowest BCUT2D eigenvalue weighted by Crippen LogP contribution is -2.44. The first-order valence-electron chi connectivity index (χ1n) is 11.3. The van der Waals surface area contributed by atoms with E-state index in [2.05, 4.69) is 6.92 Å². The molecule has 6 heteroatoms. The van der Waals surface area contributed by atoms with Gasteiger partial charge in [0.05, 0.1) is 4.90 Å². The van der Waals surface area contributed by atoms with E-state index in [4.69, 9.17) is 0 Å². The third-order valence-corrected chi connectivity index (χ3v) is 8.08. The topological polar surface area (TPSA) is 57.7 Å². The molecule has 3 aromatic rings. The van der Waals surface area contributed by atoms with Gasteiger partial charge >= 0.3 is 0 Å². The summed E-state index contributed by atoms with van der Waals surface area (Å²) in [5, 5.41) is 1.93. The van der Waals surface area contributed by atoms with Crippen molar-refractivity contribution in [1.29, 1.82) is 0 Å². The third kappa shape index (κ3) is 4.87. The fourth-order valence-corrected chi connectivity index (χ4v) is 5.92. The summed E-state index contributed by atoms with van der Waals surface area (Å²) in [6, 6.07) is 23.0. The second kappa shape index (κ2) is 9.84.